The number of ether oxygens (including phenoxy) is 1. The number of piperidine rings is 1. The average Bonchev–Trinajstić information content (AvgIpc) is 3.24. The van der Waals surface area contributed by atoms with Crippen molar-refractivity contribution in [3.05, 3.63) is 52.2 Å². The Kier molecular flexibility index (Phi) is 6.26. The first-order chi connectivity index (χ1) is 14.1. The van der Waals surface area contributed by atoms with Gasteiger partial charge in [0.05, 0.1) is 0 Å². The van der Waals surface area contributed by atoms with Gasteiger partial charge >= 0.3 is 0 Å². The van der Waals surface area contributed by atoms with Crippen molar-refractivity contribution in [2.24, 2.45) is 0 Å². The number of carbonyl (C=O) groups is 1. The van der Waals surface area contributed by atoms with Crippen LogP contribution in [0.25, 0.3) is 0 Å². The quantitative estimate of drug-likeness (QED) is 0.676. The fraction of sp³-hybridized carbons (Fsp3) is 0.542. The van der Waals surface area contributed by atoms with Crippen molar-refractivity contribution < 1.29 is 9.53 Å². The van der Waals surface area contributed by atoms with Gasteiger partial charge in [0.2, 0.25) is 5.91 Å². The Morgan fingerprint density at radius 2 is 1.93 bits per heavy atom. The largest absolute Gasteiger partial charge is 0.487 e. The molecule has 1 saturated heterocycles. The second kappa shape index (κ2) is 8.88. The van der Waals surface area contributed by atoms with E-state index in [1.807, 2.05) is 22.3 Å². The van der Waals surface area contributed by atoms with Gasteiger partial charge in [0.25, 0.3) is 0 Å². The molecule has 1 aromatic carbocycles. The number of likely N-dealkylation sites (tertiary alicyclic amines) is 1. The van der Waals surface area contributed by atoms with Crippen LogP contribution in [0.5, 0.6) is 5.75 Å². The Balaban J connectivity index is 1.47. The first kappa shape index (κ1) is 20.4. The van der Waals surface area contributed by atoms with E-state index in [0.717, 1.165) is 57.7 Å². The van der Waals surface area contributed by atoms with E-state index in [1.165, 1.54) is 10.4 Å². The van der Waals surface area contributed by atoms with Gasteiger partial charge in [0.1, 0.15) is 11.4 Å². The van der Waals surface area contributed by atoms with Crippen LogP contribution in [-0.2, 0) is 11.3 Å². The zero-order valence-corrected chi connectivity index (χ0v) is 18.4. The lowest BCUT2D eigenvalue weighted by Gasteiger charge is -2.47. The zero-order chi connectivity index (χ0) is 20.3. The van der Waals surface area contributed by atoms with E-state index in [2.05, 4.69) is 54.5 Å². The predicted molar refractivity (Wildman–Crippen MR) is 119 cm³/mol. The van der Waals surface area contributed by atoms with Crippen molar-refractivity contribution in [3.63, 3.8) is 0 Å². The van der Waals surface area contributed by atoms with Crippen LogP contribution in [0.2, 0.25) is 0 Å². The van der Waals surface area contributed by atoms with E-state index in [1.54, 1.807) is 0 Å². The average molecular weight is 413 g/mol. The van der Waals surface area contributed by atoms with Crippen molar-refractivity contribution in [2.75, 3.05) is 26.2 Å². The summed E-state index contributed by atoms with van der Waals surface area (Å²) in [5.41, 5.74) is 1.08. The molecule has 4 nitrogen and oxygen atoms in total. The van der Waals surface area contributed by atoms with E-state index in [-0.39, 0.29) is 17.4 Å². The topological polar surface area (TPSA) is 32.8 Å². The number of nitrogens with zero attached hydrogens (tertiary/aromatic N) is 2. The number of hydrogen-bond acceptors (Lipinski definition) is 4. The molecule has 0 radical (unpaired) electrons. The minimum Gasteiger partial charge on any atom is -0.487 e. The Morgan fingerprint density at radius 3 is 2.62 bits per heavy atom. The number of carbonyl (C=O) groups excluding carboxylic acids is 1. The fourth-order valence-electron chi connectivity index (χ4n) is 4.89. The smallest absolute Gasteiger partial charge is 0.223 e. The molecule has 2 aliphatic rings. The third-order valence-electron chi connectivity index (χ3n) is 6.57. The van der Waals surface area contributed by atoms with Crippen molar-refractivity contribution in [1.82, 2.24) is 9.80 Å². The Labute approximate surface area is 178 Å². The van der Waals surface area contributed by atoms with Gasteiger partial charge in [-0.15, -0.1) is 11.3 Å². The highest BCUT2D eigenvalue weighted by molar-refractivity contribution is 7.09. The summed E-state index contributed by atoms with van der Waals surface area (Å²) in [7, 11) is 0. The van der Waals surface area contributed by atoms with Crippen molar-refractivity contribution in [3.8, 4) is 5.75 Å². The lowest BCUT2D eigenvalue weighted by Crippen LogP contribution is -2.50. The summed E-state index contributed by atoms with van der Waals surface area (Å²) in [6.45, 7) is 8.82. The van der Waals surface area contributed by atoms with E-state index in [4.69, 9.17) is 4.74 Å². The molecular weight excluding hydrogens is 380 g/mol. The van der Waals surface area contributed by atoms with Crippen LogP contribution >= 0.6 is 11.3 Å². The summed E-state index contributed by atoms with van der Waals surface area (Å²) in [6, 6.07) is 12.7. The number of rotatable bonds is 6. The van der Waals surface area contributed by atoms with Crippen LogP contribution in [0.15, 0.2) is 41.8 Å². The molecule has 1 amide bonds. The highest BCUT2D eigenvalue weighted by Gasteiger charge is 2.43. The second-order valence-corrected chi connectivity index (χ2v) is 9.38. The number of benzene rings is 1. The molecule has 1 aromatic heterocycles. The van der Waals surface area contributed by atoms with Gasteiger partial charge in [-0.2, -0.15) is 0 Å². The van der Waals surface area contributed by atoms with Crippen LogP contribution in [0.3, 0.4) is 0 Å². The first-order valence-electron chi connectivity index (χ1n) is 10.9. The number of para-hydroxylation sites is 1. The summed E-state index contributed by atoms with van der Waals surface area (Å²) < 4.78 is 6.62. The molecule has 3 heterocycles. The molecule has 0 N–H and O–H groups in total. The van der Waals surface area contributed by atoms with E-state index in [0.29, 0.717) is 6.42 Å². The number of fused-ring (bicyclic) bond motifs is 1. The van der Waals surface area contributed by atoms with E-state index < -0.39 is 0 Å². The van der Waals surface area contributed by atoms with Crippen LogP contribution in [0.1, 0.15) is 55.9 Å². The summed E-state index contributed by atoms with van der Waals surface area (Å²) >= 11 is 1.83. The van der Waals surface area contributed by atoms with Gasteiger partial charge in [-0.3, -0.25) is 9.69 Å². The molecule has 1 spiro atoms. The van der Waals surface area contributed by atoms with Gasteiger partial charge in [0.15, 0.2) is 0 Å². The lowest BCUT2D eigenvalue weighted by atomic mass is 9.76. The van der Waals surface area contributed by atoms with Gasteiger partial charge in [-0.25, -0.2) is 0 Å². The molecule has 4 rings (SSSR count). The summed E-state index contributed by atoms with van der Waals surface area (Å²) in [5.74, 6) is 1.50. The summed E-state index contributed by atoms with van der Waals surface area (Å²) in [4.78, 5) is 18.8. The summed E-state index contributed by atoms with van der Waals surface area (Å²) in [5, 5.41) is 2.15. The monoisotopic (exact) mass is 412 g/mol. The minimum absolute atomic E-state index is 0.130. The highest BCUT2D eigenvalue weighted by atomic mass is 32.1. The third kappa shape index (κ3) is 4.51. The maximum Gasteiger partial charge on any atom is 0.223 e. The Bertz CT molecular complexity index is 808. The molecule has 2 aliphatic heterocycles. The van der Waals surface area contributed by atoms with Gasteiger partial charge in [-0.05, 0) is 56.2 Å². The molecule has 1 atom stereocenters. The first-order valence-corrected chi connectivity index (χ1v) is 11.8. The maximum atomic E-state index is 12.9. The molecule has 2 aromatic rings. The number of amides is 1. The molecular formula is C24H32N2O2S. The van der Waals surface area contributed by atoms with Crippen molar-refractivity contribution in [1.29, 1.82) is 0 Å². The lowest BCUT2D eigenvalue weighted by molar-refractivity contribution is -0.131. The van der Waals surface area contributed by atoms with Crippen LogP contribution in [0.4, 0.5) is 0 Å². The highest BCUT2D eigenvalue weighted by Crippen LogP contribution is 2.46. The Hall–Kier alpha value is -1.85. The van der Waals surface area contributed by atoms with E-state index in [9.17, 15) is 4.79 Å². The predicted octanol–water partition coefficient (Wildman–Crippen LogP) is 4.91. The molecule has 0 saturated carbocycles. The number of thiophene rings is 1. The standard InChI is InChI=1S/C24H32N2O2S/c1-3-26(4-2)23(27)16-19-17-24(28-22-10-6-5-9-21(19)22)11-13-25(14-12-24)18-20-8-7-15-29-20/h5-10,15,19H,3-4,11-14,16-18H2,1-2H3. The van der Waals surface area contributed by atoms with Crippen LogP contribution < -0.4 is 4.74 Å². The van der Waals surface area contributed by atoms with Gasteiger partial charge in [-0.1, -0.05) is 24.3 Å². The molecule has 0 aliphatic carbocycles. The number of hydrogen-bond donors (Lipinski definition) is 0. The van der Waals surface area contributed by atoms with E-state index >= 15 is 0 Å². The second-order valence-electron chi connectivity index (χ2n) is 8.35. The zero-order valence-electron chi connectivity index (χ0n) is 17.6. The maximum absolute atomic E-state index is 12.9. The normalized spacial score (nSPS) is 20.8. The van der Waals surface area contributed by atoms with Crippen molar-refractivity contribution in [2.45, 2.75) is 57.6 Å². The molecule has 0 bridgehead atoms. The summed E-state index contributed by atoms with van der Waals surface area (Å²) in [6.07, 6.45) is 3.60. The molecule has 29 heavy (non-hydrogen) atoms. The fourth-order valence-corrected chi connectivity index (χ4v) is 5.64. The SMILES string of the molecule is CCN(CC)C(=O)CC1CC2(CCN(Cc3cccs3)CC2)Oc2ccccc21. The van der Waals surface area contributed by atoms with Gasteiger partial charge < -0.3 is 9.64 Å². The van der Waals surface area contributed by atoms with Crippen molar-refractivity contribution >= 4 is 17.2 Å². The molecule has 156 valence electrons. The van der Waals surface area contributed by atoms with Crippen LogP contribution in [-0.4, -0.2) is 47.5 Å². The molecule has 5 heteroatoms. The molecule has 1 fully saturated rings. The Morgan fingerprint density at radius 1 is 1.17 bits per heavy atom. The third-order valence-corrected chi connectivity index (χ3v) is 7.43. The molecule has 1 unspecified atom stereocenters. The van der Waals surface area contributed by atoms with Gasteiger partial charge in [0, 0.05) is 49.9 Å². The van der Waals surface area contributed by atoms with Crippen LogP contribution in [0, 0.1) is 0 Å². The minimum atomic E-state index is -0.130.